The summed E-state index contributed by atoms with van der Waals surface area (Å²) in [6.45, 7) is 3.13. The van der Waals surface area contributed by atoms with Gasteiger partial charge in [-0.2, -0.15) is 0 Å². The van der Waals surface area contributed by atoms with Crippen molar-refractivity contribution in [2.24, 2.45) is 0 Å². The average molecular weight is 346 g/mol. The third-order valence-corrected chi connectivity index (χ3v) is 5.26. The number of nitrogens with zero attached hydrogens (tertiary/aromatic N) is 1. The van der Waals surface area contributed by atoms with Crippen LogP contribution in [0.25, 0.3) is 0 Å². The maximum Gasteiger partial charge on any atom is 0.109 e. The molecule has 0 aromatic rings. The average Bonchev–Trinajstić information content (AvgIpc) is 2.58. The van der Waals surface area contributed by atoms with Gasteiger partial charge in [0.15, 0.2) is 0 Å². The molecule has 1 heterocycles. The predicted octanol–water partition coefficient (Wildman–Crippen LogP) is 2.06. The Morgan fingerprint density at radius 1 is 0.750 bits per heavy atom. The molecule has 0 unspecified atom stereocenters. The lowest BCUT2D eigenvalue weighted by molar-refractivity contribution is -0.145. The van der Waals surface area contributed by atoms with Gasteiger partial charge in [-0.15, -0.1) is 0 Å². The van der Waals surface area contributed by atoms with Crippen molar-refractivity contribution in [1.29, 1.82) is 0 Å². The zero-order chi connectivity index (χ0) is 17.8. The molecule has 144 valence electrons. The smallest absolute Gasteiger partial charge is 0.109 e. The highest BCUT2D eigenvalue weighted by Crippen LogP contribution is 2.20. The molecule has 0 aromatic carbocycles. The van der Waals surface area contributed by atoms with Gasteiger partial charge in [0.2, 0.25) is 0 Å². The Morgan fingerprint density at radius 2 is 1.25 bits per heavy atom. The Balaban J connectivity index is 2.04. The van der Waals surface area contributed by atoms with E-state index in [1.165, 1.54) is 57.8 Å². The largest absolute Gasteiger partial charge is 0.395 e. The van der Waals surface area contributed by atoms with Gasteiger partial charge in [-0.25, -0.2) is 0 Å². The molecule has 24 heavy (non-hydrogen) atoms. The molecule has 1 rings (SSSR count). The van der Waals surface area contributed by atoms with E-state index in [-0.39, 0.29) is 6.61 Å². The van der Waals surface area contributed by atoms with Crippen LogP contribution in [0, 0.1) is 0 Å². The molecule has 0 saturated carbocycles. The maximum atomic E-state index is 9.94. The van der Waals surface area contributed by atoms with Crippen molar-refractivity contribution in [3.8, 4) is 0 Å². The topological polar surface area (TPSA) is 84.2 Å². The molecule has 0 bridgehead atoms. The van der Waals surface area contributed by atoms with Gasteiger partial charge in [0, 0.05) is 6.54 Å². The molecule has 4 N–H and O–H groups in total. The monoisotopic (exact) mass is 345 g/mol. The number of piperidine rings is 1. The summed E-state index contributed by atoms with van der Waals surface area (Å²) in [6.07, 6.45) is 10.9. The van der Waals surface area contributed by atoms with Crippen LogP contribution >= 0.6 is 0 Å². The second-order valence-electron chi connectivity index (χ2n) is 7.33. The van der Waals surface area contributed by atoms with E-state index in [0.717, 1.165) is 19.4 Å². The van der Waals surface area contributed by atoms with E-state index < -0.39 is 24.4 Å². The first-order valence-electron chi connectivity index (χ1n) is 10.0. The van der Waals surface area contributed by atoms with Gasteiger partial charge in [0.1, 0.15) is 12.2 Å². The molecule has 1 aliphatic heterocycles. The fourth-order valence-corrected chi connectivity index (χ4v) is 3.61. The van der Waals surface area contributed by atoms with Crippen LogP contribution in [0.3, 0.4) is 0 Å². The molecule has 1 saturated heterocycles. The van der Waals surface area contributed by atoms with E-state index in [2.05, 4.69) is 6.92 Å². The quantitative estimate of drug-likeness (QED) is 0.384. The lowest BCUT2D eigenvalue weighted by Crippen LogP contribution is -2.62. The normalized spacial score (nSPS) is 28.4. The van der Waals surface area contributed by atoms with Gasteiger partial charge in [0.25, 0.3) is 0 Å². The third-order valence-electron chi connectivity index (χ3n) is 5.26. The SMILES string of the molecule is CCCCCCCCCCCCCN1C[C@H](O)[C@@H](O)[C@H](O)[C@H]1CO. The van der Waals surface area contributed by atoms with Gasteiger partial charge in [-0.05, 0) is 13.0 Å². The van der Waals surface area contributed by atoms with Crippen molar-refractivity contribution in [2.75, 3.05) is 19.7 Å². The Morgan fingerprint density at radius 3 is 1.75 bits per heavy atom. The van der Waals surface area contributed by atoms with E-state index in [1.54, 1.807) is 0 Å². The summed E-state index contributed by atoms with van der Waals surface area (Å²) in [4.78, 5) is 1.91. The van der Waals surface area contributed by atoms with Crippen LogP contribution in [-0.2, 0) is 0 Å². The zero-order valence-electron chi connectivity index (χ0n) is 15.4. The Labute approximate surface area is 147 Å². The number of hydrogen-bond donors (Lipinski definition) is 4. The van der Waals surface area contributed by atoms with Crippen LogP contribution in [0.4, 0.5) is 0 Å². The third kappa shape index (κ3) is 7.79. The van der Waals surface area contributed by atoms with Crippen LogP contribution in [0.15, 0.2) is 0 Å². The first-order chi connectivity index (χ1) is 11.6. The molecule has 4 atom stereocenters. The highest BCUT2D eigenvalue weighted by atomic mass is 16.4. The van der Waals surface area contributed by atoms with E-state index in [9.17, 15) is 20.4 Å². The number of likely N-dealkylation sites (tertiary alicyclic amines) is 1. The Hall–Kier alpha value is -0.200. The molecule has 1 aliphatic rings. The van der Waals surface area contributed by atoms with Crippen molar-refractivity contribution < 1.29 is 20.4 Å². The van der Waals surface area contributed by atoms with Crippen molar-refractivity contribution >= 4 is 0 Å². The van der Waals surface area contributed by atoms with Crippen LogP contribution < -0.4 is 0 Å². The van der Waals surface area contributed by atoms with E-state index in [1.807, 2.05) is 4.90 Å². The number of aliphatic hydroxyl groups excluding tert-OH is 4. The molecule has 0 amide bonds. The standard InChI is InChI=1S/C19H39NO4/c1-2-3-4-5-6-7-8-9-10-11-12-13-20-14-17(22)19(24)18(23)16(20)15-21/h16-19,21-24H,2-15H2,1H3/t16-,17+,18-,19-/m1/s1. The number of unbranched alkanes of at least 4 members (excludes halogenated alkanes) is 10. The van der Waals surface area contributed by atoms with Gasteiger partial charge in [-0.1, -0.05) is 71.1 Å². The lowest BCUT2D eigenvalue weighted by atomic mass is 9.94. The van der Waals surface area contributed by atoms with Gasteiger partial charge >= 0.3 is 0 Å². The van der Waals surface area contributed by atoms with Gasteiger partial charge in [0.05, 0.1) is 18.8 Å². The van der Waals surface area contributed by atoms with Crippen molar-refractivity contribution in [2.45, 2.75) is 102 Å². The van der Waals surface area contributed by atoms with Crippen molar-refractivity contribution in [3.63, 3.8) is 0 Å². The summed E-state index contributed by atoms with van der Waals surface area (Å²) in [5.41, 5.74) is 0. The highest BCUT2D eigenvalue weighted by Gasteiger charge is 2.40. The summed E-state index contributed by atoms with van der Waals surface area (Å²) in [5.74, 6) is 0. The van der Waals surface area contributed by atoms with E-state index >= 15 is 0 Å². The Kier molecular flexibility index (Phi) is 11.9. The summed E-state index contributed by atoms with van der Waals surface area (Å²) >= 11 is 0. The fraction of sp³-hybridized carbons (Fsp3) is 1.00. The summed E-state index contributed by atoms with van der Waals surface area (Å²) < 4.78 is 0. The van der Waals surface area contributed by atoms with Crippen LogP contribution in [-0.4, -0.2) is 69.4 Å². The second-order valence-corrected chi connectivity index (χ2v) is 7.33. The predicted molar refractivity (Wildman–Crippen MR) is 96.9 cm³/mol. The molecular weight excluding hydrogens is 306 g/mol. The van der Waals surface area contributed by atoms with Crippen molar-refractivity contribution in [1.82, 2.24) is 4.90 Å². The fourth-order valence-electron chi connectivity index (χ4n) is 3.61. The maximum absolute atomic E-state index is 9.94. The molecule has 0 radical (unpaired) electrons. The lowest BCUT2D eigenvalue weighted by Gasteiger charge is -2.43. The first-order valence-corrected chi connectivity index (χ1v) is 10.0. The molecule has 5 nitrogen and oxygen atoms in total. The molecule has 0 aliphatic carbocycles. The number of hydrogen-bond acceptors (Lipinski definition) is 5. The molecule has 0 aromatic heterocycles. The summed E-state index contributed by atoms with van der Waals surface area (Å²) in [6, 6.07) is -0.466. The molecular formula is C19H39NO4. The number of rotatable bonds is 13. The number of β-amino-alcohol motifs (C(OH)–C–C–N with tert-alkyl or cyclic N) is 1. The minimum atomic E-state index is -1.16. The molecule has 0 spiro atoms. The minimum absolute atomic E-state index is 0.191. The number of aliphatic hydroxyl groups is 4. The minimum Gasteiger partial charge on any atom is -0.395 e. The first kappa shape index (κ1) is 21.8. The molecule has 1 fully saturated rings. The Bertz CT molecular complexity index is 303. The van der Waals surface area contributed by atoms with Crippen molar-refractivity contribution in [3.05, 3.63) is 0 Å². The van der Waals surface area contributed by atoms with Gasteiger partial charge in [-0.3, -0.25) is 4.90 Å². The zero-order valence-corrected chi connectivity index (χ0v) is 15.4. The molecule has 5 heteroatoms. The van der Waals surface area contributed by atoms with E-state index in [4.69, 9.17) is 0 Å². The highest BCUT2D eigenvalue weighted by molar-refractivity contribution is 4.93. The summed E-state index contributed by atoms with van der Waals surface area (Å²) in [7, 11) is 0. The van der Waals surface area contributed by atoms with Crippen LogP contribution in [0.1, 0.15) is 77.6 Å². The summed E-state index contributed by atoms with van der Waals surface area (Å²) in [5, 5.41) is 38.8. The van der Waals surface area contributed by atoms with Gasteiger partial charge < -0.3 is 20.4 Å². The van der Waals surface area contributed by atoms with Crippen LogP contribution in [0.2, 0.25) is 0 Å². The van der Waals surface area contributed by atoms with E-state index in [0.29, 0.717) is 6.54 Å². The second kappa shape index (κ2) is 13.1. The van der Waals surface area contributed by atoms with Crippen LogP contribution in [0.5, 0.6) is 0 Å².